The zero-order valence-electron chi connectivity index (χ0n) is 16.8. The molecular formula is C23H30N3O2+. The van der Waals surface area contributed by atoms with E-state index in [2.05, 4.69) is 29.7 Å². The van der Waals surface area contributed by atoms with Crippen molar-refractivity contribution in [2.75, 3.05) is 32.1 Å². The maximum absolute atomic E-state index is 12.6. The third kappa shape index (κ3) is 3.40. The van der Waals surface area contributed by atoms with Gasteiger partial charge in [-0.25, -0.2) is 0 Å². The lowest BCUT2D eigenvalue weighted by Crippen LogP contribution is -2.59. The summed E-state index contributed by atoms with van der Waals surface area (Å²) in [6.45, 7) is 5.82. The first-order valence-corrected chi connectivity index (χ1v) is 10.3. The van der Waals surface area contributed by atoms with E-state index in [9.17, 15) is 4.79 Å². The molecule has 0 radical (unpaired) electrons. The lowest BCUT2D eigenvalue weighted by Gasteiger charge is -2.43. The third-order valence-electron chi connectivity index (χ3n) is 6.56. The summed E-state index contributed by atoms with van der Waals surface area (Å²) in [5.41, 5.74) is 2.79. The van der Waals surface area contributed by atoms with Gasteiger partial charge in [-0.1, -0.05) is 6.07 Å². The van der Waals surface area contributed by atoms with Crippen molar-refractivity contribution < 1.29 is 9.53 Å². The topological polar surface area (TPSA) is 50.4 Å². The summed E-state index contributed by atoms with van der Waals surface area (Å²) in [6.07, 6.45) is 3.80. The molecule has 148 valence electrons. The van der Waals surface area contributed by atoms with Crippen LogP contribution in [0.25, 0.3) is 0 Å². The highest BCUT2D eigenvalue weighted by molar-refractivity contribution is 6.04. The third-order valence-corrected chi connectivity index (χ3v) is 6.56. The maximum atomic E-state index is 12.6. The summed E-state index contributed by atoms with van der Waals surface area (Å²) in [5, 5.41) is 6.55. The first kappa shape index (κ1) is 19.0. The molecule has 2 fully saturated rings. The van der Waals surface area contributed by atoms with Crippen molar-refractivity contribution in [3.05, 3.63) is 54.1 Å². The summed E-state index contributed by atoms with van der Waals surface area (Å²) in [4.78, 5) is 12.6. The van der Waals surface area contributed by atoms with Crippen LogP contribution in [0.4, 0.5) is 11.4 Å². The van der Waals surface area contributed by atoms with E-state index in [0.717, 1.165) is 23.3 Å². The van der Waals surface area contributed by atoms with E-state index in [1.807, 2.05) is 24.3 Å². The van der Waals surface area contributed by atoms with Gasteiger partial charge in [-0.05, 0) is 37.3 Å². The minimum atomic E-state index is -0.120. The van der Waals surface area contributed by atoms with Crippen LogP contribution in [-0.2, 0) is 0 Å². The van der Waals surface area contributed by atoms with Gasteiger partial charge < -0.3 is 15.4 Å². The Balaban J connectivity index is 1.53. The van der Waals surface area contributed by atoms with Gasteiger partial charge in [-0.3, -0.25) is 9.28 Å². The highest BCUT2D eigenvalue weighted by Crippen LogP contribution is 2.39. The number of carbonyl (C=O) groups excluding carboxylic acids is 1. The zero-order chi connectivity index (χ0) is 19.6. The van der Waals surface area contributed by atoms with E-state index in [0.29, 0.717) is 23.4 Å². The number of carbonyl (C=O) groups is 1. The number of anilines is 1. The standard InChI is InChI=1S/C23H29N3O2/c1-17-5-4-14-26(17,21-12-13-24-16-21)20-10-8-19(9-11-20)25-23(27)18-6-3-7-22(15-18)28-2/h3,6-11,15,17,21,24H,4-5,12-14,16H2,1-2H3/p+1. The second kappa shape index (κ2) is 7.94. The van der Waals surface area contributed by atoms with Gasteiger partial charge in [0.1, 0.15) is 17.5 Å². The maximum Gasteiger partial charge on any atom is 0.255 e. The molecule has 3 atom stereocenters. The molecule has 5 heteroatoms. The van der Waals surface area contributed by atoms with Crippen LogP contribution in [0.5, 0.6) is 5.75 Å². The van der Waals surface area contributed by atoms with E-state index in [1.54, 1.807) is 19.2 Å². The van der Waals surface area contributed by atoms with Gasteiger partial charge in [0, 0.05) is 55.7 Å². The van der Waals surface area contributed by atoms with E-state index >= 15 is 0 Å². The average Bonchev–Trinajstić information content (AvgIpc) is 3.39. The number of ether oxygens (including phenoxy) is 1. The van der Waals surface area contributed by atoms with Gasteiger partial charge in [0.05, 0.1) is 19.7 Å². The van der Waals surface area contributed by atoms with Crippen LogP contribution < -0.4 is 19.9 Å². The molecule has 2 aliphatic heterocycles. The SMILES string of the molecule is COc1cccc(C(=O)Nc2ccc([N+]3(C4CCNC4)CCCC3C)cc2)c1. The Morgan fingerprint density at radius 1 is 1.18 bits per heavy atom. The molecule has 1 amide bonds. The highest BCUT2D eigenvalue weighted by Gasteiger charge is 2.47. The average molecular weight is 381 g/mol. The fourth-order valence-electron chi connectivity index (χ4n) is 5.06. The van der Waals surface area contributed by atoms with Crippen LogP contribution in [-0.4, -0.2) is 44.7 Å². The summed E-state index contributed by atoms with van der Waals surface area (Å²) in [7, 11) is 1.60. The van der Waals surface area contributed by atoms with E-state index < -0.39 is 0 Å². The number of nitrogens with one attached hydrogen (secondary N) is 2. The number of rotatable bonds is 5. The second-order valence-electron chi connectivity index (χ2n) is 8.02. The number of likely N-dealkylation sites (tertiary alicyclic amines) is 1. The van der Waals surface area contributed by atoms with Gasteiger partial charge >= 0.3 is 0 Å². The molecule has 5 nitrogen and oxygen atoms in total. The molecule has 0 aromatic heterocycles. The smallest absolute Gasteiger partial charge is 0.255 e. The predicted molar refractivity (Wildman–Crippen MR) is 114 cm³/mol. The zero-order valence-corrected chi connectivity index (χ0v) is 16.8. The summed E-state index contributed by atoms with van der Waals surface area (Å²) >= 11 is 0. The lowest BCUT2D eigenvalue weighted by atomic mass is 10.1. The molecule has 0 bridgehead atoms. The van der Waals surface area contributed by atoms with Crippen LogP contribution >= 0.6 is 0 Å². The highest BCUT2D eigenvalue weighted by atomic mass is 16.5. The number of hydrogen-bond donors (Lipinski definition) is 2. The summed E-state index contributed by atoms with van der Waals surface area (Å²) < 4.78 is 6.29. The van der Waals surface area contributed by atoms with Crippen molar-refractivity contribution >= 4 is 17.3 Å². The Bertz CT molecular complexity index is 830. The normalized spacial score (nSPS) is 26.9. The molecule has 2 aromatic carbocycles. The fraction of sp³-hybridized carbons (Fsp3) is 0.435. The van der Waals surface area contributed by atoms with Crippen LogP contribution in [0.1, 0.15) is 36.5 Å². The molecule has 0 saturated carbocycles. The first-order chi connectivity index (χ1) is 13.6. The molecule has 4 rings (SSSR count). The van der Waals surface area contributed by atoms with Gasteiger partial charge in [0.2, 0.25) is 0 Å². The summed E-state index contributed by atoms with van der Waals surface area (Å²) in [6, 6.07) is 17.0. The van der Waals surface area contributed by atoms with Gasteiger partial charge in [0.25, 0.3) is 5.91 Å². The molecule has 2 heterocycles. The minimum absolute atomic E-state index is 0.120. The van der Waals surface area contributed by atoms with Crippen molar-refractivity contribution in [3.63, 3.8) is 0 Å². The summed E-state index contributed by atoms with van der Waals surface area (Å²) in [5.74, 6) is 0.563. The molecule has 2 saturated heterocycles. The Kier molecular flexibility index (Phi) is 5.38. The lowest BCUT2D eigenvalue weighted by molar-refractivity contribution is 0.102. The largest absolute Gasteiger partial charge is 0.497 e. The molecule has 0 spiro atoms. The minimum Gasteiger partial charge on any atom is -0.497 e. The molecule has 28 heavy (non-hydrogen) atoms. The van der Waals surface area contributed by atoms with Crippen LogP contribution in [0.15, 0.2) is 48.5 Å². The number of hydrogen-bond acceptors (Lipinski definition) is 3. The van der Waals surface area contributed by atoms with E-state index in [-0.39, 0.29) is 5.91 Å². The van der Waals surface area contributed by atoms with Crippen molar-refractivity contribution in [1.82, 2.24) is 9.80 Å². The molecule has 2 aliphatic rings. The predicted octanol–water partition coefficient (Wildman–Crippen LogP) is 3.80. The van der Waals surface area contributed by atoms with Crippen LogP contribution in [0, 0.1) is 0 Å². The Morgan fingerprint density at radius 2 is 2.00 bits per heavy atom. The monoisotopic (exact) mass is 380 g/mol. The van der Waals surface area contributed by atoms with E-state index in [4.69, 9.17) is 4.74 Å². The van der Waals surface area contributed by atoms with Gasteiger partial charge in [0.15, 0.2) is 0 Å². The fourth-order valence-corrected chi connectivity index (χ4v) is 5.06. The quantitative estimate of drug-likeness (QED) is 0.776. The molecule has 2 N–H and O–H groups in total. The van der Waals surface area contributed by atoms with Crippen molar-refractivity contribution in [3.8, 4) is 5.75 Å². The molecule has 0 aliphatic carbocycles. The molecule has 2 aromatic rings. The molecular weight excluding hydrogens is 350 g/mol. The number of nitrogens with zero attached hydrogens (tertiary/aromatic N) is 1. The number of amides is 1. The number of quaternary nitrogens is 1. The first-order valence-electron chi connectivity index (χ1n) is 10.3. The number of benzene rings is 2. The van der Waals surface area contributed by atoms with Gasteiger partial charge in [-0.15, -0.1) is 0 Å². The second-order valence-corrected chi connectivity index (χ2v) is 8.02. The number of methoxy groups -OCH3 is 1. The van der Waals surface area contributed by atoms with E-state index in [1.165, 1.54) is 31.5 Å². The Morgan fingerprint density at radius 3 is 2.64 bits per heavy atom. The Hall–Kier alpha value is -2.37. The van der Waals surface area contributed by atoms with Crippen molar-refractivity contribution in [2.45, 2.75) is 38.3 Å². The van der Waals surface area contributed by atoms with Crippen molar-refractivity contribution in [2.24, 2.45) is 0 Å². The molecule has 3 unspecified atom stereocenters. The Labute approximate surface area is 167 Å². The van der Waals surface area contributed by atoms with Crippen molar-refractivity contribution in [1.29, 1.82) is 0 Å². The van der Waals surface area contributed by atoms with Crippen LogP contribution in [0.3, 0.4) is 0 Å². The van der Waals surface area contributed by atoms with Crippen LogP contribution in [0.2, 0.25) is 0 Å². The van der Waals surface area contributed by atoms with Gasteiger partial charge in [-0.2, -0.15) is 0 Å².